The van der Waals surface area contributed by atoms with Crippen LogP contribution in [0.4, 0.5) is 0 Å². The van der Waals surface area contributed by atoms with Crippen molar-refractivity contribution >= 4 is 0 Å². The minimum atomic E-state index is -0.488. The van der Waals surface area contributed by atoms with Gasteiger partial charge in [0.25, 0.3) is 0 Å². The molecule has 0 aliphatic heterocycles. The van der Waals surface area contributed by atoms with E-state index in [1.807, 2.05) is 26.1 Å². The quantitative estimate of drug-likeness (QED) is 0.680. The van der Waals surface area contributed by atoms with Crippen LogP contribution in [-0.2, 0) is 6.54 Å². The Morgan fingerprint density at radius 2 is 2.40 bits per heavy atom. The molecule has 0 bridgehead atoms. The third kappa shape index (κ3) is 4.15. The van der Waals surface area contributed by atoms with E-state index >= 15 is 0 Å². The van der Waals surface area contributed by atoms with Crippen LogP contribution >= 0.6 is 0 Å². The first-order valence-corrected chi connectivity index (χ1v) is 4.92. The summed E-state index contributed by atoms with van der Waals surface area (Å²) in [6.07, 6.45) is 8.33. The van der Waals surface area contributed by atoms with E-state index in [9.17, 15) is 5.11 Å². The third-order valence-electron chi connectivity index (χ3n) is 2.10. The lowest BCUT2D eigenvalue weighted by Gasteiger charge is -2.21. The summed E-state index contributed by atoms with van der Waals surface area (Å²) < 4.78 is 1.69. The molecule has 4 heteroatoms. The highest BCUT2D eigenvalue weighted by molar-refractivity contribution is 5.07. The maximum atomic E-state index is 9.69. The molecule has 82 valence electrons. The van der Waals surface area contributed by atoms with E-state index in [1.165, 1.54) is 0 Å². The van der Waals surface area contributed by atoms with Gasteiger partial charge in [-0.05, 0) is 19.9 Å². The second-order valence-corrected chi connectivity index (χ2v) is 4.03. The van der Waals surface area contributed by atoms with Crippen molar-refractivity contribution in [3.8, 4) is 12.3 Å². The van der Waals surface area contributed by atoms with Crippen LogP contribution in [-0.4, -0.2) is 33.1 Å². The highest BCUT2D eigenvalue weighted by Crippen LogP contribution is 1.99. The van der Waals surface area contributed by atoms with E-state index in [1.54, 1.807) is 10.9 Å². The van der Waals surface area contributed by atoms with Crippen molar-refractivity contribution in [2.75, 3.05) is 6.54 Å². The lowest BCUT2D eigenvalue weighted by Crippen LogP contribution is -2.43. The molecular formula is C11H17N3O. The molecule has 1 aromatic heterocycles. The summed E-state index contributed by atoms with van der Waals surface area (Å²) >= 11 is 0. The number of rotatable bonds is 5. The van der Waals surface area contributed by atoms with Crippen molar-refractivity contribution in [1.29, 1.82) is 0 Å². The van der Waals surface area contributed by atoms with E-state index in [0.717, 1.165) is 0 Å². The lowest BCUT2D eigenvalue weighted by molar-refractivity contribution is 0.140. The van der Waals surface area contributed by atoms with E-state index in [-0.39, 0.29) is 5.54 Å². The summed E-state index contributed by atoms with van der Waals surface area (Å²) in [5, 5.41) is 16.8. The molecule has 0 amide bonds. The fraction of sp³-hybridized carbons (Fsp3) is 0.545. The molecule has 15 heavy (non-hydrogen) atoms. The van der Waals surface area contributed by atoms with Crippen LogP contribution < -0.4 is 5.32 Å². The molecule has 0 aromatic carbocycles. The number of aliphatic hydroxyl groups excluding tert-OH is 1. The molecule has 1 rings (SSSR count). The zero-order valence-electron chi connectivity index (χ0n) is 9.14. The smallest absolute Gasteiger partial charge is 0.0860 e. The third-order valence-corrected chi connectivity index (χ3v) is 2.10. The molecule has 0 saturated heterocycles. The zero-order chi connectivity index (χ0) is 11.3. The lowest BCUT2D eigenvalue weighted by atomic mass is 10.1. The molecule has 1 atom stereocenters. The molecule has 0 spiro atoms. The molecule has 2 N–H and O–H groups in total. The van der Waals surface area contributed by atoms with Crippen LogP contribution in [0, 0.1) is 12.3 Å². The van der Waals surface area contributed by atoms with Crippen LogP contribution in [0.3, 0.4) is 0 Å². The van der Waals surface area contributed by atoms with Gasteiger partial charge in [-0.3, -0.25) is 10.00 Å². The largest absolute Gasteiger partial charge is 0.390 e. The van der Waals surface area contributed by atoms with Crippen LogP contribution in [0.15, 0.2) is 18.5 Å². The van der Waals surface area contributed by atoms with Gasteiger partial charge in [-0.2, -0.15) is 5.10 Å². The number of aliphatic hydroxyl groups is 1. The fourth-order valence-electron chi connectivity index (χ4n) is 1.11. The van der Waals surface area contributed by atoms with Gasteiger partial charge >= 0.3 is 0 Å². The highest BCUT2D eigenvalue weighted by atomic mass is 16.3. The Labute approximate surface area is 90.3 Å². The number of nitrogens with zero attached hydrogens (tertiary/aromatic N) is 2. The van der Waals surface area contributed by atoms with E-state index in [2.05, 4.69) is 16.3 Å². The predicted molar refractivity (Wildman–Crippen MR) is 59.1 cm³/mol. The average molecular weight is 207 g/mol. The van der Waals surface area contributed by atoms with Crippen molar-refractivity contribution in [2.45, 2.75) is 32.0 Å². The maximum Gasteiger partial charge on any atom is 0.0860 e. The van der Waals surface area contributed by atoms with Gasteiger partial charge in [-0.15, -0.1) is 6.42 Å². The Kier molecular flexibility index (Phi) is 3.89. The first-order chi connectivity index (χ1) is 7.03. The van der Waals surface area contributed by atoms with Gasteiger partial charge in [-0.25, -0.2) is 0 Å². The summed E-state index contributed by atoms with van der Waals surface area (Å²) in [5.41, 5.74) is -0.384. The van der Waals surface area contributed by atoms with Crippen LogP contribution in [0.2, 0.25) is 0 Å². The Balaban J connectivity index is 2.32. The highest BCUT2D eigenvalue weighted by Gasteiger charge is 2.15. The first kappa shape index (κ1) is 11.8. The van der Waals surface area contributed by atoms with Gasteiger partial charge in [0.2, 0.25) is 0 Å². The van der Waals surface area contributed by atoms with Crippen LogP contribution in [0.1, 0.15) is 13.8 Å². The molecule has 1 heterocycles. The molecule has 0 aliphatic carbocycles. The average Bonchev–Trinajstić information content (AvgIpc) is 2.68. The van der Waals surface area contributed by atoms with Gasteiger partial charge in [0, 0.05) is 18.9 Å². The summed E-state index contributed by atoms with van der Waals surface area (Å²) in [4.78, 5) is 0. The van der Waals surface area contributed by atoms with Crippen LogP contribution in [0.25, 0.3) is 0 Å². The first-order valence-electron chi connectivity index (χ1n) is 4.92. The topological polar surface area (TPSA) is 50.1 Å². The molecule has 0 radical (unpaired) electrons. The summed E-state index contributed by atoms with van der Waals surface area (Å²) in [6, 6.07) is 1.82. The van der Waals surface area contributed by atoms with Crippen molar-refractivity contribution in [2.24, 2.45) is 0 Å². The summed E-state index contributed by atoms with van der Waals surface area (Å²) in [5.74, 6) is 2.61. The number of aromatic nitrogens is 2. The number of hydrogen-bond acceptors (Lipinski definition) is 3. The van der Waals surface area contributed by atoms with Crippen molar-refractivity contribution < 1.29 is 5.11 Å². The Morgan fingerprint density at radius 3 is 2.93 bits per heavy atom. The molecule has 1 aromatic rings. The second kappa shape index (κ2) is 4.96. The van der Waals surface area contributed by atoms with Gasteiger partial charge in [-0.1, -0.05) is 5.92 Å². The molecule has 0 aliphatic rings. The minimum Gasteiger partial charge on any atom is -0.390 e. The normalized spacial score (nSPS) is 13.5. The predicted octanol–water partition coefficient (Wildman–Crippen LogP) is 0.245. The zero-order valence-corrected chi connectivity index (χ0v) is 9.14. The summed E-state index contributed by atoms with van der Waals surface area (Å²) in [6.45, 7) is 4.72. The maximum absolute atomic E-state index is 9.69. The molecule has 0 fully saturated rings. The monoisotopic (exact) mass is 207 g/mol. The van der Waals surface area contributed by atoms with E-state index in [4.69, 9.17) is 6.42 Å². The fourth-order valence-corrected chi connectivity index (χ4v) is 1.11. The Bertz CT molecular complexity index is 324. The number of hydrogen-bond donors (Lipinski definition) is 2. The van der Waals surface area contributed by atoms with Gasteiger partial charge in [0.1, 0.15) is 0 Å². The second-order valence-electron chi connectivity index (χ2n) is 4.03. The summed E-state index contributed by atoms with van der Waals surface area (Å²) in [7, 11) is 0. The standard InChI is InChI=1S/C11H17N3O/c1-4-11(2,3)12-8-10(15)9-14-7-5-6-13-14/h1,5-7,10,12,15H,8-9H2,2-3H3. The van der Waals surface area contributed by atoms with Crippen molar-refractivity contribution in [3.05, 3.63) is 18.5 Å². The molecular weight excluding hydrogens is 190 g/mol. The van der Waals surface area contributed by atoms with E-state index in [0.29, 0.717) is 13.1 Å². The van der Waals surface area contributed by atoms with Gasteiger partial charge < -0.3 is 5.11 Å². The SMILES string of the molecule is C#CC(C)(C)NCC(O)Cn1cccn1. The van der Waals surface area contributed by atoms with Crippen LogP contribution in [0.5, 0.6) is 0 Å². The number of terminal acetylenes is 1. The van der Waals surface area contributed by atoms with Crippen molar-refractivity contribution in [3.63, 3.8) is 0 Å². The molecule has 1 unspecified atom stereocenters. The number of β-amino-alcohol motifs (C(OH)–C–C–N with tert-alkyl or cyclic N) is 1. The van der Waals surface area contributed by atoms with Crippen molar-refractivity contribution in [1.82, 2.24) is 15.1 Å². The Hall–Kier alpha value is -1.31. The minimum absolute atomic E-state index is 0.384. The number of nitrogens with one attached hydrogen (secondary N) is 1. The molecule has 4 nitrogen and oxygen atoms in total. The Morgan fingerprint density at radius 1 is 1.67 bits per heavy atom. The van der Waals surface area contributed by atoms with Gasteiger partial charge in [0.15, 0.2) is 0 Å². The molecule has 0 saturated carbocycles. The van der Waals surface area contributed by atoms with Gasteiger partial charge in [0.05, 0.1) is 18.2 Å². The van der Waals surface area contributed by atoms with E-state index < -0.39 is 6.10 Å².